The molecule has 5 heteroatoms. The molecule has 1 saturated carbocycles. The van der Waals surface area contributed by atoms with Crippen LogP contribution in [-0.4, -0.2) is 15.8 Å². The van der Waals surface area contributed by atoms with Crippen LogP contribution in [0.4, 0.5) is 34.1 Å². The molecule has 0 radical (unpaired) electrons. The van der Waals surface area contributed by atoms with Gasteiger partial charge in [0, 0.05) is 77.9 Å². The number of nitrogens with zero attached hydrogens (tertiary/aromatic N) is 4. The van der Waals surface area contributed by atoms with E-state index in [4.69, 9.17) is 0 Å². The van der Waals surface area contributed by atoms with E-state index in [-0.39, 0.29) is 50.0 Å². The standard InChI is InChI=1S/C116H125BN4/c1-109(2,3)78-56-74(57-79(66-78)110(4,5)6)88-44-36-45-89(75-58-80(111(7,8)9)67-81(59-75)112(10,11)12)107(88)120-102-70-86(118-98-48-32-28-40-92(98)93-41-29-33-49-99(93)118)52-54-96(102)117-97-55-53-87(119-100-50-34-30-42-94(100)95-43-31-35-51-101(95)119)71-103(97)121(105-65-73(64-104(120)106(105)117)72-38-26-25-27-39-72)108-90(76-60-82(113(13,14)15)68-83(61-76)114(16,17)18)46-37-47-91(108)77-62-84(115(19,20)21)69-85(63-77)116(22,23)24/h28-37,40-72H,25-27,38-39H2,1-24H3. The zero-order valence-corrected chi connectivity index (χ0v) is 76.7. The van der Waals surface area contributed by atoms with Crippen molar-refractivity contribution in [1.29, 1.82) is 0 Å². The van der Waals surface area contributed by atoms with Crippen LogP contribution in [0.3, 0.4) is 0 Å². The van der Waals surface area contributed by atoms with Crippen molar-refractivity contribution in [1.82, 2.24) is 9.13 Å². The van der Waals surface area contributed by atoms with Crippen LogP contribution in [0.1, 0.15) is 254 Å². The van der Waals surface area contributed by atoms with Gasteiger partial charge in [-0.1, -0.05) is 380 Å². The molecule has 2 aliphatic heterocycles. The molecule has 4 nitrogen and oxygen atoms in total. The summed E-state index contributed by atoms with van der Waals surface area (Å²) >= 11 is 0. The van der Waals surface area contributed by atoms with Crippen LogP contribution in [0.5, 0.6) is 0 Å². The van der Waals surface area contributed by atoms with Crippen molar-refractivity contribution in [3.8, 4) is 55.9 Å². The molecule has 13 aromatic carbocycles. The van der Waals surface area contributed by atoms with Crippen LogP contribution in [0.2, 0.25) is 0 Å². The Morgan fingerprint density at radius 2 is 0.504 bits per heavy atom. The lowest BCUT2D eigenvalue weighted by Crippen LogP contribution is -2.61. The number of rotatable bonds is 9. The van der Waals surface area contributed by atoms with Crippen LogP contribution in [0.15, 0.2) is 255 Å². The third kappa shape index (κ3) is 14.4. The molecule has 1 aliphatic carbocycles. The van der Waals surface area contributed by atoms with E-state index < -0.39 is 0 Å². The van der Waals surface area contributed by atoms with Crippen molar-refractivity contribution in [3.63, 3.8) is 0 Å². The van der Waals surface area contributed by atoms with E-state index in [0.717, 1.165) is 24.2 Å². The molecule has 15 aromatic rings. The van der Waals surface area contributed by atoms with Crippen molar-refractivity contribution >= 4 is 101 Å². The van der Waals surface area contributed by atoms with Crippen LogP contribution in [-0.2, 0) is 43.3 Å². The number of anilines is 6. The van der Waals surface area contributed by atoms with Gasteiger partial charge in [-0.15, -0.1) is 0 Å². The van der Waals surface area contributed by atoms with E-state index in [9.17, 15) is 0 Å². The summed E-state index contributed by atoms with van der Waals surface area (Å²) in [7, 11) is 0. The van der Waals surface area contributed by atoms with Gasteiger partial charge < -0.3 is 18.9 Å². The molecule has 0 atom stereocenters. The average molecular weight is 1590 g/mol. The topological polar surface area (TPSA) is 16.3 Å². The first-order valence-corrected chi connectivity index (χ1v) is 45.0. The van der Waals surface area contributed by atoms with Crippen molar-refractivity contribution < 1.29 is 0 Å². The second-order valence-corrected chi connectivity index (χ2v) is 44.2. The van der Waals surface area contributed by atoms with E-state index in [1.807, 2.05) is 0 Å². The number of fused-ring (bicyclic) bond motifs is 10. The molecule has 18 rings (SSSR count). The van der Waals surface area contributed by atoms with Gasteiger partial charge >= 0.3 is 0 Å². The highest BCUT2D eigenvalue weighted by Gasteiger charge is 2.47. The summed E-state index contributed by atoms with van der Waals surface area (Å²) in [5, 5.41) is 4.98. The van der Waals surface area contributed by atoms with Gasteiger partial charge in [-0.05, 0) is 211 Å². The molecule has 612 valence electrons. The monoisotopic (exact) mass is 1580 g/mol. The highest BCUT2D eigenvalue weighted by atomic mass is 15.2. The second kappa shape index (κ2) is 28.9. The third-order valence-corrected chi connectivity index (χ3v) is 27.2. The molecule has 4 heterocycles. The Kier molecular flexibility index (Phi) is 19.4. The minimum Gasteiger partial charge on any atom is -0.310 e. The third-order valence-electron chi connectivity index (χ3n) is 27.2. The van der Waals surface area contributed by atoms with E-state index in [2.05, 4.69) is 440 Å². The maximum atomic E-state index is 2.87. The van der Waals surface area contributed by atoms with Crippen molar-refractivity contribution in [2.24, 2.45) is 0 Å². The Bertz CT molecular complexity index is 5840. The highest BCUT2D eigenvalue weighted by Crippen LogP contribution is 2.57. The van der Waals surface area contributed by atoms with Crippen LogP contribution in [0, 0.1) is 0 Å². The summed E-state index contributed by atoms with van der Waals surface area (Å²) in [6, 6.07) is 102. The Labute approximate surface area is 723 Å². The number of benzene rings is 13. The summed E-state index contributed by atoms with van der Waals surface area (Å²) in [6.07, 6.45) is 5.84. The summed E-state index contributed by atoms with van der Waals surface area (Å²) < 4.78 is 5.12. The predicted octanol–water partition coefficient (Wildman–Crippen LogP) is 31.1. The van der Waals surface area contributed by atoms with Crippen LogP contribution >= 0.6 is 0 Å². The first-order chi connectivity index (χ1) is 57.1. The SMILES string of the molecule is CC(C)(C)c1cc(-c2cccc(-c3cc(C(C)(C)C)cc(C(C)(C)C)c3)c2N2c3cc(-n4c5ccccc5c5ccccc54)ccc3B3c4ccc(-n5c6ccccc6c6ccccc65)cc4N(c4c(-c5cc(C(C)(C)C)cc(C(C)(C)C)c5)cccc4-c4cc(C(C)(C)C)cc(C(C)(C)C)c4)c4cc(C5CCCCC5)cc2c43)cc(C(C)(C)C)c1. The molecule has 0 N–H and O–H groups in total. The molecule has 0 spiro atoms. The zero-order chi connectivity index (χ0) is 85.5. The maximum absolute atomic E-state index is 2.87. The number of aromatic nitrogens is 2. The fourth-order valence-corrected chi connectivity index (χ4v) is 19.9. The summed E-state index contributed by atoms with van der Waals surface area (Å²) in [5.74, 6) is 0.295. The lowest BCUT2D eigenvalue weighted by molar-refractivity contribution is 0.444. The first kappa shape index (κ1) is 81.1. The predicted molar refractivity (Wildman–Crippen MR) is 526 cm³/mol. The summed E-state index contributed by atoms with van der Waals surface area (Å²) in [4.78, 5) is 5.74. The highest BCUT2D eigenvalue weighted by molar-refractivity contribution is 7.00. The van der Waals surface area contributed by atoms with E-state index in [1.165, 1.54) is 208 Å². The van der Waals surface area contributed by atoms with Gasteiger partial charge in [-0.3, -0.25) is 0 Å². The van der Waals surface area contributed by atoms with E-state index >= 15 is 0 Å². The van der Waals surface area contributed by atoms with Crippen molar-refractivity contribution in [3.05, 3.63) is 305 Å². The van der Waals surface area contributed by atoms with Gasteiger partial charge in [0.05, 0.1) is 33.4 Å². The molecule has 0 unspecified atom stereocenters. The van der Waals surface area contributed by atoms with Gasteiger partial charge in [0.25, 0.3) is 6.71 Å². The lowest BCUT2D eigenvalue weighted by atomic mass is 9.33. The Morgan fingerprint density at radius 3 is 0.760 bits per heavy atom. The van der Waals surface area contributed by atoms with Gasteiger partial charge in [0.2, 0.25) is 0 Å². The molecule has 0 amide bonds. The van der Waals surface area contributed by atoms with Gasteiger partial charge in [0.15, 0.2) is 0 Å². The Balaban J connectivity index is 1.07. The van der Waals surface area contributed by atoms with Crippen molar-refractivity contribution in [2.75, 3.05) is 9.80 Å². The molecule has 3 aliphatic rings. The second-order valence-electron chi connectivity index (χ2n) is 44.2. The number of hydrogen-bond acceptors (Lipinski definition) is 2. The molecular formula is C116H125BN4. The first-order valence-electron chi connectivity index (χ1n) is 45.0. The minimum atomic E-state index is -0.254. The van der Waals surface area contributed by atoms with Crippen LogP contribution < -0.4 is 26.2 Å². The molecular weight excluding hydrogens is 1460 g/mol. The molecule has 121 heavy (non-hydrogen) atoms. The molecule has 2 aromatic heterocycles. The van der Waals surface area contributed by atoms with E-state index in [0.29, 0.717) is 5.92 Å². The molecule has 0 bridgehead atoms. The Hall–Kier alpha value is -10.9. The van der Waals surface area contributed by atoms with Gasteiger partial charge in [0.1, 0.15) is 0 Å². The smallest absolute Gasteiger partial charge is 0.252 e. The zero-order valence-electron chi connectivity index (χ0n) is 76.7. The largest absolute Gasteiger partial charge is 0.310 e. The maximum Gasteiger partial charge on any atom is 0.252 e. The minimum absolute atomic E-state index is 0.163. The molecule has 0 saturated heterocycles. The molecule has 1 fully saturated rings. The normalized spacial score (nSPS) is 14.5. The lowest BCUT2D eigenvalue weighted by Gasteiger charge is -2.46. The Morgan fingerprint density at radius 1 is 0.248 bits per heavy atom. The fraction of sp³-hybridized carbons (Fsp3) is 0.328. The summed E-state index contributed by atoms with van der Waals surface area (Å²) in [5.41, 5.74) is 38.4. The quantitative estimate of drug-likeness (QED) is 0.134. The van der Waals surface area contributed by atoms with E-state index in [1.54, 1.807) is 0 Å². The van der Waals surface area contributed by atoms with Crippen LogP contribution in [0.25, 0.3) is 99.5 Å². The summed E-state index contributed by atoms with van der Waals surface area (Å²) in [6.45, 7) is 57.3. The van der Waals surface area contributed by atoms with Crippen molar-refractivity contribution in [2.45, 2.75) is 248 Å². The number of para-hydroxylation sites is 6. The van der Waals surface area contributed by atoms with Gasteiger partial charge in [-0.25, -0.2) is 0 Å². The fourth-order valence-electron chi connectivity index (χ4n) is 19.9. The number of hydrogen-bond donors (Lipinski definition) is 0. The average Bonchev–Trinajstić information content (AvgIpc) is 1.11. The van der Waals surface area contributed by atoms with Gasteiger partial charge in [-0.2, -0.15) is 0 Å².